The van der Waals surface area contributed by atoms with E-state index in [-0.39, 0.29) is 5.91 Å². The maximum absolute atomic E-state index is 12.1. The molecule has 25 heavy (non-hydrogen) atoms. The van der Waals surface area contributed by atoms with Crippen molar-refractivity contribution in [3.63, 3.8) is 0 Å². The van der Waals surface area contributed by atoms with Gasteiger partial charge in [-0.05, 0) is 51.2 Å². The van der Waals surface area contributed by atoms with Crippen LogP contribution in [0.2, 0.25) is 0 Å². The van der Waals surface area contributed by atoms with Gasteiger partial charge in [-0.1, -0.05) is 11.2 Å². The number of carbonyl (C=O) groups excluding carboxylic acids is 1. The van der Waals surface area contributed by atoms with E-state index in [4.69, 9.17) is 4.52 Å². The summed E-state index contributed by atoms with van der Waals surface area (Å²) in [5, 5.41) is 6.87. The van der Waals surface area contributed by atoms with E-state index in [0.29, 0.717) is 19.4 Å². The van der Waals surface area contributed by atoms with Crippen molar-refractivity contribution in [2.75, 3.05) is 18.0 Å². The molecule has 1 saturated heterocycles. The number of rotatable bonds is 6. The summed E-state index contributed by atoms with van der Waals surface area (Å²) in [5.41, 5.74) is 2.91. The Labute approximate surface area is 148 Å². The van der Waals surface area contributed by atoms with Gasteiger partial charge in [-0.15, -0.1) is 0 Å². The smallest absolute Gasteiger partial charge is 0.220 e. The van der Waals surface area contributed by atoms with E-state index >= 15 is 0 Å². The molecule has 0 saturated carbocycles. The van der Waals surface area contributed by atoms with E-state index < -0.39 is 0 Å². The Kier molecular flexibility index (Phi) is 5.68. The number of nitrogens with one attached hydrogen (secondary N) is 1. The third kappa shape index (κ3) is 4.59. The van der Waals surface area contributed by atoms with Crippen molar-refractivity contribution in [2.24, 2.45) is 0 Å². The lowest BCUT2D eigenvalue weighted by atomic mass is 10.1. The topological polar surface area (TPSA) is 71.3 Å². The van der Waals surface area contributed by atoms with Crippen LogP contribution >= 0.6 is 0 Å². The molecule has 0 aromatic carbocycles. The molecule has 0 radical (unpaired) electrons. The summed E-state index contributed by atoms with van der Waals surface area (Å²) < 4.78 is 5.12. The minimum absolute atomic E-state index is 0.0279. The quantitative estimate of drug-likeness (QED) is 0.874. The number of piperidine rings is 1. The number of pyridine rings is 1. The highest BCUT2D eigenvalue weighted by molar-refractivity contribution is 5.76. The molecule has 0 aliphatic carbocycles. The van der Waals surface area contributed by atoms with Crippen LogP contribution in [0.25, 0.3) is 0 Å². The molecule has 2 aromatic heterocycles. The van der Waals surface area contributed by atoms with Gasteiger partial charge in [0.05, 0.1) is 5.69 Å². The van der Waals surface area contributed by atoms with Crippen LogP contribution in [-0.2, 0) is 17.8 Å². The normalized spacial score (nSPS) is 14.6. The molecule has 3 rings (SSSR count). The first kappa shape index (κ1) is 17.5. The van der Waals surface area contributed by atoms with Gasteiger partial charge in [-0.3, -0.25) is 4.79 Å². The summed E-state index contributed by atoms with van der Waals surface area (Å²) in [7, 11) is 0. The van der Waals surface area contributed by atoms with E-state index in [1.807, 2.05) is 26.1 Å². The predicted octanol–water partition coefficient (Wildman–Crippen LogP) is 2.93. The van der Waals surface area contributed by atoms with E-state index in [2.05, 4.69) is 26.4 Å². The van der Waals surface area contributed by atoms with Crippen molar-refractivity contribution in [1.29, 1.82) is 0 Å². The number of nitrogens with zero attached hydrogens (tertiary/aromatic N) is 3. The molecule has 0 bridgehead atoms. The van der Waals surface area contributed by atoms with Crippen LogP contribution in [0.1, 0.15) is 48.3 Å². The van der Waals surface area contributed by atoms with Gasteiger partial charge < -0.3 is 14.7 Å². The van der Waals surface area contributed by atoms with Gasteiger partial charge in [0.15, 0.2) is 0 Å². The number of hydrogen-bond acceptors (Lipinski definition) is 5. The van der Waals surface area contributed by atoms with Crippen LogP contribution in [0, 0.1) is 13.8 Å². The summed E-state index contributed by atoms with van der Waals surface area (Å²) in [5.74, 6) is 1.86. The highest BCUT2D eigenvalue weighted by atomic mass is 16.5. The second kappa shape index (κ2) is 8.14. The molecule has 0 atom stereocenters. The van der Waals surface area contributed by atoms with Crippen molar-refractivity contribution in [1.82, 2.24) is 15.5 Å². The second-order valence-electron chi connectivity index (χ2n) is 6.65. The lowest BCUT2D eigenvalue weighted by Crippen LogP contribution is -2.30. The van der Waals surface area contributed by atoms with Crippen LogP contribution in [0.3, 0.4) is 0 Å². The Bertz CT molecular complexity index is 683. The van der Waals surface area contributed by atoms with Gasteiger partial charge in [-0.25, -0.2) is 4.98 Å². The molecular formula is C19H26N4O2. The Balaban J connectivity index is 1.45. The lowest BCUT2D eigenvalue weighted by molar-refractivity contribution is -0.121. The van der Waals surface area contributed by atoms with E-state index in [1.165, 1.54) is 19.3 Å². The molecule has 0 spiro atoms. The molecule has 1 aliphatic heterocycles. The first-order chi connectivity index (χ1) is 12.1. The molecule has 6 heteroatoms. The van der Waals surface area contributed by atoms with Gasteiger partial charge in [-0.2, -0.15) is 0 Å². The van der Waals surface area contributed by atoms with Gasteiger partial charge in [0.2, 0.25) is 5.91 Å². The molecule has 1 fully saturated rings. The molecule has 1 N–H and O–H groups in total. The summed E-state index contributed by atoms with van der Waals surface area (Å²) >= 11 is 0. The Morgan fingerprint density at radius 2 is 2.04 bits per heavy atom. The molecule has 3 heterocycles. The average molecular weight is 342 g/mol. The number of hydrogen-bond donors (Lipinski definition) is 1. The van der Waals surface area contributed by atoms with Gasteiger partial charge in [0.25, 0.3) is 0 Å². The maximum Gasteiger partial charge on any atom is 0.220 e. The van der Waals surface area contributed by atoms with Crippen molar-refractivity contribution >= 4 is 11.7 Å². The third-order valence-electron chi connectivity index (χ3n) is 4.76. The molecule has 1 amide bonds. The minimum Gasteiger partial charge on any atom is -0.361 e. The van der Waals surface area contributed by atoms with E-state index in [0.717, 1.165) is 41.5 Å². The Morgan fingerprint density at radius 1 is 1.24 bits per heavy atom. The number of amides is 1. The standard InChI is InChI=1S/C19H26N4O2/c1-14-17(15(2)25-22-14)7-9-19(24)21-13-16-6-8-18(20-12-16)23-10-4-3-5-11-23/h6,8,12H,3-5,7,9-11,13H2,1-2H3,(H,21,24). The van der Waals surface area contributed by atoms with Crippen molar-refractivity contribution in [3.05, 3.63) is 40.9 Å². The fourth-order valence-corrected chi connectivity index (χ4v) is 3.22. The highest BCUT2D eigenvalue weighted by Gasteiger charge is 2.13. The molecule has 2 aromatic rings. The average Bonchev–Trinajstić information content (AvgIpc) is 2.97. The van der Waals surface area contributed by atoms with Crippen LogP contribution in [0.5, 0.6) is 0 Å². The van der Waals surface area contributed by atoms with Gasteiger partial charge >= 0.3 is 0 Å². The highest BCUT2D eigenvalue weighted by Crippen LogP contribution is 2.17. The predicted molar refractivity (Wildman–Crippen MR) is 96.4 cm³/mol. The zero-order chi connectivity index (χ0) is 17.6. The molecule has 1 aliphatic rings. The summed E-state index contributed by atoms with van der Waals surface area (Å²) in [6, 6.07) is 4.10. The van der Waals surface area contributed by atoms with Gasteiger partial charge in [0.1, 0.15) is 11.6 Å². The summed E-state index contributed by atoms with van der Waals surface area (Å²) in [4.78, 5) is 18.9. The first-order valence-corrected chi connectivity index (χ1v) is 9.02. The van der Waals surface area contributed by atoms with Crippen LogP contribution in [-0.4, -0.2) is 29.1 Å². The summed E-state index contributed by atoms with van der Waals surface area (Å²) in [6.07, 6.45) is 6.74. The van der Waals surface area contributed by atoms with E-state index in [9.17, 15) is 4.79 Å². The van der Waals surface area contributed by atoms with Crippen molar-refractivity contribution in [2.45, 2.75) is 52.5 Å². The van der Waals surface area contributed by atoms with Crippen LogP contribution in [0.15, 0.2) is 22.9 Å². The lowest BCUT2D eigenvalue weighted by Gasteiger charge is -2.27. The van der Waals surface area contributed by atoms with Crippen molar-refractivity contribution in [3.8, 4) is 0 Å². The number of aryl methyl sites for hydroxylation is 2. The minimum atomic E-state index is 0.0279. The van der Waals surface area contributed by atoms with Crippen LogP contribution in [0.4, 0.5) is 5.82 Å². The number of anilines is 1. The fourth-order valence-electron chi connectivity index (χ4n) is 3.22. The monoisotopic (exact) mass is 342 g/mol. The molecule has 134 valence electrons. The first-order valence-electron chi connectivity index (χ1n) is 9.02. The zero-order valence-electron chi connectivity index (χ0n) is 15.0. The third-order valence-corrected chi connectivity index (χ3v) is 4.76. The zero-order valence-corrected chi connectivity index (χ0v) is 15.0. The second-order valence-corrected chi connectivity index (χ2v) is 6.65. The molecule has 6 nitrogen and oxygen atoms in total. The molecular weight excluding hydrogens is 316 g/mol. The van der Waals surface area contributed by atoms with Gasteiger partial charge in [0, 0.05) is 37.8 Å². The maximum atomic E-state index is 12.1. The van der Waals surface area contributed by atoms with Crippen LogP contribution < -0.4 is 10.2 Å². The largest absolute Gasteiger partial charge is 0.361 e. The molecule has 0 unspecified atom stereocenters. The Hall–Kier alpha value is -2.37. The van der Waals surface area contributed by atoms with E-state index in [1.54, 1.807) is 0 Å². The summed E-state index contributed by atoms with van der Waals surface area (Å²) in [6.45, 7) is 6.46. The fraction of sp³-hybridized carbons (Fsp3) is 0.526. The SMILES string of the molecule is Cc1noc(C)c1CCC(=O)NCc1ccc(N2CCCCC2)nc1. The van der Waals surface area contributed by atoms with Crippen molar-refractivity contribution < 1.29 is 9.32 Å². The number of carbonyl (C=O) groups is 1. The Morgan fingerprint density at radius 3 is 2.68 bits per heavy atom. The number of aromatic nitrogens is 2.